The van der Waals surface area contributed by atoms with E-state index in [0.717, 1.165) is 18.8 Å². The van der Waals surface area contributed by atoms with Crippen LogP contribution in [-0.4, -0.2) is 24.0 Å². The van der Waals surface area contributed by atoms with Crippen molar-refractivity contribution in [2.45, 2.75) is 64.4 Å². The van der Waals surface area contributed by atoms with Crippen molar-refractivity contribution in [3.8, 4) is 0 Å². The minimum atomic E-state index is -0.996. The van der Waals surface area contributed by atoms with E-state index in [1.54, 1.807) is 0 Å². The zero-order chi connectivity index (χ0) is 15.0. The van der Waals surface area contributed by atoms with Gasteiger partial charge in [-0.15, -0.1) is 0 Å². The van der Waals surface area contributed by atoms with Crippen molar-refractivity contribution in [1.82, 2.24) is 5.32 Å². The summed E-state index contributed by atoms with van der Waals surface area (Å²) in [6, 6.07) is -0.949. The molecule has 0 aliphatic heterocycles. The molecule has 6 nitrogen and oxygen atoms in total. The molecule has 0 aromatic rings. The maximum Gasteiger partial charge on any atom is 0.318 e. The van der Waals surface area contributed by atoms with Crippen LogP contribution < -0.4 is 11.1 Å². The molecule has 1 saturated carbocycles. The number of imide groups is 1. The Morgan fingerprint density at radius 3 is 2.50 bits per heavy atom. The first-order valence-electron chi connectivity index (χ1n) is 7.29. The first-order chi connectivity index (χ1) is 9.49. The maximum atomic E-state index is 11.6. The molecule has 1 rings (SSSR count). The number of amides is 3. The molecule has 20 heavy (non-hydrogen) atoms. The van der Waals surface area contributed by atoms with Gasteiger partial charge in [-0.2, -0.15) is 0 Å². The van der Waals surface area contributed by atoms with E-state index in [9.17, 15) is 14.4 Å². The molecule has 0 saturated heterocycles. The molecule has 3 N–H and O–H groups in total. The molecule has 1 aliphatic rings. The van der Waals surface area contributed by atoms with Gasteiger partial charge in [0.15, 0.2) is 6.10 Å². The molecule has 1 atom stereocenters. The summed E-state index contributed by atoms with van der Waals surface area (Å²) in [6.45, 7) is 1.41. The zero-order valence-electron chi connectivity index (χ0n) is 12.0. The summed E-state index contributed by atoms with van der Waals surface area (Å²) in [5.74, 6) is -0.377. The molecular weight excluding hydrogens is 260 g/mol. The van der Waals surface area contributed by atoms with E-state index >= 15 is 0 Å². The second kappa shape index (κ2) is 8.55. The van der Waals surface area contributed by atoms with Gasteiger partial charge in [-0.1, -0.05) is 32.1 Å². The van der Waals surface area contributed by atoms with Crippen LogP contribution >= 0.6 is 0 Å². The lowest BCUT2D eigenvalue weighted by molar-refractivity contribution is -0.154. The van der Waals surface area contributed by atoms with Crippen molar-refractivity contribution >= 4 is 17.9 Å². The average molecular weight is 284 g/mol. The molecule has 0 heterocycles. The zero-order valence-corrected chi connectivity index (χ0v) is 12.0. The molecular formula is C14H24N2O4. The van der Waals surface area contributed by atoms with Crippen LogP contribution in [0.25, 0.3) is 0 Å². The SMILES string of the molecule is C[C@H](OC(=O)CCCC1CCCCC1)C(=O)NC(N)=O. The summed E-state index contributed by atoms with van der Waals surface area (Å²) in [6.07, 6.45) is 7.56. The van der Waals surface area contributed by atoms with Crippen LogP contribution in [0, 0.1) is 5.92 Å². The Labute approximate surface area is 119 Å². The van der Waals surface area contributed by atoms with Crippen molar-refractivity contribution in [3.05, 3.63) is 0 Å². The smallest absolute Gasteiger partial charge is 0.318 e. The molecule has 0 aromatic carbocycles. The van der Waals surface area contributed by atoms with Gasteiger partial charge in [0.05, 0.1) is 0 Å². The Bertz CT molecular complexity index is 351. The lowest BCUT2D eigenvalue weighted by atomic mass is 9.86. The van der Waals surface area contributed by atoms with Gasteiger partial charge in [0, 0.05) is 6.42 Å². The largest absolute Gasteiger partial charge is 0.453 e. The second-order valence-corrected chi connectivity index (χ2v) is 5.38. The third kappa shape index (κ3) is 6.54. The number of primary amides is 1. The summed E-state index contributed by atoms with van der Waals surface area (Å²) in [7, 11) is 0. The summed E-state index contributed by atoms with van der Waals surface area (Å²) < 4.78 is 4.94. The summed E-state index contributed by atoms with van der Waals surface area (Å²) in [5.41, 5.74) is 4.81. The summed E-state index contributed by atoms with van der Waals surface area (Å²) in [5, 5.41) is 1.88. The van der Waals surface area contributed by atoms with Gasteiger partial charge in [0.25, 0.3) is 5.91 Å². The highest BCUT2D eigenvalue weighted by Gasteiger charge is 2.19. The normalized spacial score (nSPS) is 17.2. The molecule has 3 amide bonds. The topological polar surface area (TPSA) is 98.5 Å². The minimum absolute atomic E-state index is 0.310. The third-order valence-electron chi connectivity index (χ3n) is 3.64. The quantitative estimate of drug-likeness (QED) is 0.727. The summed E-state index contributed by atoms with van der Waals surface area (Å²) >= 11 is 0. The molecule has 0 bridgehead atoms. The van der Waals surface area contributed by atoms with Crippen molar-refractivity contribution in [3.63, 3.8) is 0 Å². The van der Waals surface area contributed by atoms with Crippen LogP contribution in [-0.2, 0) is 14.3 Å². The Morgan fingerprint density at radius 1 is 1.25 bits per heavy atom. The molecule has 1 aliphatic carbocycles. The van der Waals surface area contributed by atoms with Gasteiger partial charge in [0.1, 0.15) is 0 Å². The van der Waals surface area contributed by atoms with E-state index in [2.05, 4.69) is 0 Å². The van der Waals surface area contributed by atoms with Crippen molar-refractivity contribution < 1.29 is 19.1 Å². The Kier molecular flexibility index (Phi) is 7.04. The molecule has 6 heteroatoms. The van der Waals surface area contributed by atoms with E-state index in [-0.39, 0.29) is 0 Å². The highest BCUT2D eigenvalue weighted by atomic mass is 16.5. The predicted molar refractivity (Wildman–Crippen MR) is 73.7 cm³/mol. The fourth-order valence-electron chi connectivity index (χ4n) is 2.54. The van der Waals surface area contributed by atoms with E-state index in [0.29, 0.717) is 6.42 Å². The lowest BCUT2D eigenvalue weighted by Crippen LogP contribution is -2.42. The van der Waals surface area contributed by atoms with Crippen molar-refractivity contribution in [2.75, 3.05) is 0 Å². The Balaban J connectivity index is 2.15. The number of rotatable bonds is 6. The highest BCUT2D eigenvalue weighted by molar-refractivity contribution is 5.96. The number of esters is 1. The number of carbonyl (C=O) groups excluding carboxylic acids is 3. The van der Waals surface area contributed by atoms with E-state index < -0.39 is 24.0 Å². The molecule has 0 spiro atoms. The van der Waals surface area contributed by atoms with E-state index in [1.165, 1.54) is 39.0 Å². The Hall–Kier alpha value is -1.59. The lowest BCUT2D eigenvalue weighted by Gasteiger charge is -2.21. The van der Waals surface area contributed by atoms with Gasteiger partial charge in [0.2, 0.25) is 0 Å². The number of nitrogens with two attached hydrogens (primary N) is 1. The Morgan fingerprint density at radius 2 is 1.90 bits per heavy atom. The highest BCUT2D eigenvalue weighted by Crippen LogP contribution is 2.27. The number of hydrogen-bond donors (Lipinski definition) is 2. The fourth-order valence-corrected chi connectivity index (χ4v) is 2.54. The van der Waals surface area contributed by atoms with Crippen LogP contribution in [0.2, 0.25) is 0 Å². The molecule has 1 fully saturated rings. The van der Waals surface area contributed by atoms with Gasteiger partial charge in [-0.3, -0.25) is 14.9 Å². The molecule has 114 valence electrons. The van der Waals surface area contributed by atoms with Crippen molar-refractivity contribution in [1.29, 1.82) is 0 Å². The minimum Gasteiger partial charge on any atom is -0.453 e. The van der Waals surface area contributed by atoms with E-state index in [1.807, 2.05) is 5.32 Å². The first kappa shape index (κ1) is 16.5. The van der Waals surface area contributed by atoms with Crippen LogP contribution in [0.15, 0.2) is 0 Å². The average Bonchev–Trinajstić information content (AvgIpc) is 2.39. The number of urea groups is 1. The van der Waals surface area contributed by atoms with E-state index in [4.69, 9.17) is 10.5 Å². The van der Waals surface area contributed by atoms with Gasteiger partial charge in [-0.25, -0.2) is 4.79 Å². The number of carbonyl (C=O) groups is 3. The molecule has 0 unspecified atom stereocenters. The monoisotopic (exact) mass is 284 g/mol. The van der Waals surface area contributed by atoms with Crippen LogP contribution in [0.3, 0.4) is 0 Å². The number of nitrogens with one attached hydrogen (secondary N) is 1. The third-order valence-corrected chi connectivity index (χ3v) is 3.64. The second-order valence-electron chi connectivity index (χ2n) is 5.38. The molecule has 0 aromatic heterocycles. The van der Waals surface area contributed by atoms with Crippen LogP contribution in [0.4, 0.5) is 4.79 Å². The maximum absolute atomic E-state index is 11.6. The number of ether oxygens (including phenoxy) is 1. The van der Waals surface area contributed by atoms with Gasteiger partial charge < -0.3 is 10.5 Å². The molecule has 0 radical (unpaired) electrons. The van der Waals surface area contributed by atoms with Gasteiger partial charge in [-0.05, 0) is 25.7 Å². The van der Waals surface area contributed by atoms with Gasteiger partial charge >= 0.3 is 12.0 Å². The first-order valence-corrected chi connectivity index (χ1v) is 7.29. The van der Waals surface area contributed by atoms with Crippen LogP contribution in [0.1, 0.15) is 58.3 Å². The number of hydrogen-bond acceptors (Lipinski definition) is 4. The van der Waals surface area contributed by atoms with Crippen LogP contribution in [0.5, 0.6) is 0 Å². The van der Waals surface area contributed by atoms with Crippen molar-refractivity contribution in [2.24, 2.45) is 11.7 Å². The standard InChI is InChI=1S/C14H24N2O4/c1-10(13(18)16-14(15)19)20-12(17)9-5-8-11-6-3-2-4-7-11/h10-11H,2-9H2,1H3,(H3,15,16,18,19)/t10-/m0/s1. The summed E-state index contributed by atoms with van der Waals surface area (Å²) in [4.78, 5) is 33.4. The predicted octanol–water partition coefficient (Wildman–Crippen LogP) is 1.86. The fraction of sp³-hybridized carbons (Fsp3) is 0.786.